The van der Waals surface area contributed by atoms with Gasteiger partial charge in [0.1, 0.15) is 17.3 Å². The first-order valence-corrected chi connectivity index (χ1v) is 10.4. The Hall–Kier alpha value is -2.30. The molecule has 0 spiro atoms. The zero-order valence-corrected chi connectivity index (χ0v) is 16.6. The number of rotatable bonds is 6. The molecule has 1 aromatic heterocycles. The predicted octanol–water partition coefficient (Wildman–Crippen LogP) is 0.976. The van der Waals surface area contributed by atoms with Gasteiger partial charge < -0.3 is 10.1 Å². The van der Waals surface area contributed by atoms with Crippen LogP contribution in [0.1, 0.15) is 17.0 Å². The molecule has 1 aromatic carbocycles. The summed E-state index contributed by atoms with van der Waals surface area (Å²) in [5, 5.41) is 6.97. The van der Waals surface area contributed by atoms with Gasteiger partial charge in [-0.05, 0) is 31.5 Å². The number of hydrogen-bond acceptors (Lipinski definition) is 5. The van der Waals surface area contributed by atoms with E-state index in [9.17, 15) is 17.6 Å². The van der Waals surface area contributed by atoms with E-state index in [2.05, 4.69) is 10.4 Å². The second-order valence-corrected chi connectivity index (χ2v) is 8.45. The molecular weight excluding hydrogens is 387 g/mol. The second-order valence-electron chi connectivity index (χ2n) is 6.58. The third kappa shape index (κ3) is 4.40. The molecule has 8 nitrogen and oxygen atoms in total. The van der Waals surface area contributed by atoms with Crippen molar-refractivity contribution in [1.82, 2.24) is 19.4 Å². The van der Waals surface area contributed by atoms with E-state index in [1.807, 2.05) is 0 Å². The van der Waals surface area contributed by atoms with Crippen LogP contribution in [0.4, 0.5) is 4.39 Å². The Labute approximate surface area is 163 Å². The molecule has 28 heavy (non-hydrogen) atoms. The minimum atomic E-state index is -3.69. The number of aromatic nitrogens is 2. The standard InChI is InChI=1S/C18H23FN4O4S/c1-13-18(28(25,26)22-7-9-27-10-8-22)14(2)23(21-13)12-17(24)20-11-15-3-5-16(19)6-4-15/h3-6H,7-12H2,1-2H3,(H,20,24). The number of carbonyl (C=O) groups is 1. The van der Waals surface area contributed by atoms with Gasteiger partial charge in [0, 0.05) is 19.6 Å². The van der Waals surface area contributed by atoms with Crippen LogP contribution in [0.5, 0.6) is 0 Å². The molecule has 0 aliphatic carbocycles. The van der Waals surface area contributed by atoms with Crippen LogP contribution in [0.2, 0.25) is 0 Å². The zero-order valence-electron chi connectivity index (χ0n) is 15.8. The van der Waals surface area contributed by atoms with Crippen LogP contribution in [0.15, 0.2) is 29.2 Å². The van der Waals surface area contributed by atoms with Gasteiger partial charge in [-0.25, -0.2) is 12.8 Å². The lowest BCUT2D eigenvalue weighted by molar-refractivity contribution is -0.122. The number of aryl methyl sites for hydroxylation is 1. The van der Waals surface area contributed by atoms with Gasteiger partial charge in [-0.1, -0.05) is 12.1 Å². The highest BCUT2D eigenvalue weighted by atomic mass is 32.2. The molecule has 0 radical (unpaired) electrons. The number of nitrogens with one attached hydrogen (secondary N) is 1. The lowest BCUT2D eigenvalue weighted by Crippen LogP contribution is -2.41. The van der Waals surface area contributed by atoms with Gasteiger partial charge in [0.2, 0.25) is 15.9 Å². The van der Waals surface area contributed by atoms with Crippen LogP contribution in [0.3, 0.4) is 0 Å². The van der Waals surface area contributed by atoms with Crippen molar-refractivity contribution in [3.63, 3.8) is 0 Å². The highest BCUT2D eigenvalue weighted by molar-refractivity contribution is 7.89. The number of hydrogen-bond donors (Lipinski definition) is 1. The van der Waals surface area contributed by atoms with Crippen molar-refractivity contribution < 1.29 is 22.3 Å². The Morgan fingerprint density at radius 3 is 2.50 bits per heavy atom. The molecule has 1 N–H and O–H groups in total. The quantitative estimate of drug-likeness (QED) is 0.766. The van der Waals surface area contributed by atoms with Crippen molar-refractivity contribution in [3.05, 3.63) is 47.0 Å². The first-order chi connectivity index (χ1) is 13.3. The average Bonchev–Trinajstić information content (AvgIpc) is 2.95. The Kier molecular flexibility index (Phi) is 6.11. The third-order valence-electron chi connectivity index (χ3n) is 4.58. The van der Waals surface area contributed by atoms with E-state index >= 15 is 0 Å². The summed E-state index contributed by atoms with van der Waals surface area (Å²) in [5.74, 6) is -0.656. The van der Waals surface area contributed by atoms with E-state index in [4.69, 9.17) is 4.74 Å². The molecule has 0 saturated carbocycles. The molecule has 10 heteroatoms. The van der Waals surface area contributed by atoms with Gasteiger partial charge in [0.05, 0.1) is 24.6 Å². The number of halogens is 1. The normalized spacial score (nSPS) is 15.5. The molecule has 1 saturated heterocycles. The van der Waals surface area contributed by atoms with Gasteiger partial charge in [-0.15, -0.1) is 0 Å². The highest BCUT2D eigenvalue weighted by Gasteiger charge is 2.32. The minimum Gasteiger partial charge on any atom is -0.379 e. The molecule has 0 atom stereocenters. The zero-order chi connectivity index (χ0) is 20.3. The highest BCUT2D eigenvalue weighted by Crippen LogP contribution is 2.24. The summed E-state index contributed by atoms with van der Waals surface area (Å²) >= 11 is 0. The second kappa shape index (κ2) is 8.38. The number of morpholine rings is 1. The first-order valence-electron chi connectivity index (χ1n) is 8.92. The molecule has 1 aliphatic rings. The maximum Gasteiger partial charge on any atom is 0.246 e. The predicted molar refractivity (Wildman–Crippen MR) is 99.5 cm³/mol. The fourth-order valence-electron chi connectivity index (χ4n) is 3.12. The number of amides is 1. The van der Waals surface area contributed by atoms with Crippen molar-refractivity contribution >= 4 is 15.9 Å². The van der Waals surface area contributed by atoms with Crippen LogP contribution < -0.4 is 5.32 Å². The van der Waals surface area contributed by atoms with E-state index < -0.39 is 10.0 Å². The molecule has 152 valence electrons. The van der Waals surface area contributed by atoms with E-state index in [0.29, 0.717) is 37.7 Å². The van der Waals surface area contributed by atoms with Gasteiger partial charge in [0.25, 0.3) is 0 Å². The van der Waals surface area contributed by atoms with E-state index in [-0.39, 0.29) is 29.7 Å². The van der Waals surface area contributed by atoms with Crippen molar-refractivity contribution in [1.29, 1.82) is 0 Å². The van der Waals surface area contributed by atoms with Gasteiger partial charge in [0.15, 0.2) is 0 Å². The van der Waals surface area contributed by atoms with Gasteiger partial charge in [-0.2, -0.15) is 9.40 Å². The lowest BCUT2D eigenvalue weighted by Gasteiger charge is -2.26. The summed E-state index contributed by atoms with van der Waals surface area (Å²) in [7, 11) is -3.69. The monoisotopic (exact) mass is 410 g/mol. The van der Waals surface area contributed by atoms with E-state index in [0.717, 1.165) is 5.56 Å². The van der Waals surface area contributed by atoms with Crippen LogP contribution >= 0.6 is 0 Å². The van der Waals surface area contributed by atoms with E-state index in [1.54, 1.807) is 26.0 Å². The molecule has 3 rings (SSSR count). The van der Waals surface area contributed by atoms with E-state index in [1.165, 1.54) is 21.1 Å². The molecule has 1 amide bonds. The van der Waals surface area contributed by atoms with Crippen molar-refractivity contribution in [2.45, 2.75) is 31.8 Å². The fourth-order valence-corrected chi connectivity index (χ4v) is 4.90. The van der Waals surface area contributed by atoms with Crippen molar-refractivity contribution in [2.75, 3.05) is 26.3 Å². The van der Waals surface area contributed by atoms with Gasteiger partial charge >= 0.3 is 0 Å². The smallest absolute Gasteiger partial charge is 0.246 e. The van der Waals surface area contributed by atoms with Crippen molar-refractivity contribution in [2.24, 2.45) is 0 Å². The minimum absolute atomic E-state index is 0.105. The molecule has 1 fully saturated rings. The van der Waals surface area contributed by atoms with Crippen LogP contribution in [-0.2, 0) is 32.6 Å². The molecule has 0 bridgehead atoms. The average molecular weight is 410 g/mol. The number of ether oxygens (including phenoxy) is 1. The van der Waals surface area contributed by atoms with Gasteiger partial charge in [-0.3, -0.25) is 9.48 Å². The summed E-state index contributed by atoms with van der Waals surface area (Å²) in [6.07, 6.45) is 0. The van der Waals surface area contributed by atoms with Crippen molar-refractivity contribution in [3.8, 4) is 0 Å². The Bertz CT molecular complexity index is 951. The SMILES string of the molecule is Cc1nn(CC(=O)NCc2ccc(F)cc2)c(C)c1S(=O)(=O)N1CCOCC1. The summed E-state index contributed by atoms with van der Waals surface area (Å²) in [6, 6.07) is 5.83. The summed E-state index contributed by atoms with van der Waals surface area (Å²) < 4.78 is 46.8. The molecule has 2 aromatic rings. The Morgan fingerprint density at radius 2 is 1.86 bits per heavy atom. The molecule has 1 aliphatic heterocycles. The summed E-state index contributed by atoms with van der Waals surface area (Å²) in [4.78, 5) is 12.4. The molecule has 2 heterocycles. The number of benzene rings is 1. The maximum atomic E-state index is 13.0. The Balaban J connectivity index is 1.70. The molecular formula is C18H23FN4O4S. The lowest BCUT2D eigenvalue weighted by atomic mass is 10.2. The van der Waals surface area contributed by atoms with Crippen LogP contribution in [0, 0.1) is 19.7 Å². The number of carbonyl (C=O) groups excluding carboxylic acids is 1. The fraction of sp³-hybridized carbons (Fsp3) is 0.444. The topological polar surface area (TPSA) is 93.5 Å². The maximum absolute atomic E-state index is 13.0. The Morgan fingerprint density at radius 1 is 1.21 bits per heavy atom. The largest absolute Gasteiger partial charge is 0.379 e. The summed E-state index contributed by atoms with van der Waals surface area (Å²) in [6.45, 7) is 4.71. The van der Waals surface area contributed by atoms with Crippen LogP contribution in [-0.4, -0.2) is 54.7 Å². The summed E-state index contributed by atoms with van der Waals surface area (Å²) in [5.41, 5.74) is 1.54. The first kappa shape index (κ1) is 20.4. The third-order valence-corrected chi connectivity index (χ3v) is 6.73. The number of nitrogens with zero attached hydrogens (tertiary/aromatic N) is 3. The number of sulfonamides is 1. The van der Waals surface area contributed by atoms with Crippen LogP contribution in [0.25, 0.3) is 0 Å². The molecule has 0 unspecified atom stereocenters.